The Kier molecular flexibility index (Phi) is 3.03. The first-order valence-electron chi connectivity index (χ1n) is 5.60. The Hall–Kier alpha value is -1.61. The molecule has 1 aliphatic rings. The highest BCUT2D eigenvalue weighted by Gasteiger charge is 2.54. The van der Waals surface area contributed by atoms with Gasteiger partial charge in [0.2, 0.25) is 0 Å². The number of hydrogen-bond acceptors (Lipinski definition) is 3. The molecule has 2 rings (SSSR count). The average molecular weight is 232 g/mol. The van der Waals surface area contributed by atoms with E-state index < -0.39 is 5.60 Å². The summed E-state index contributed by atoms with van der Waals surface area (Å²) in [6.07, 6.45) is 3.39. The van der Waals surface area contributed by atoms with Crippen LogP contribution in [-0.4, -0.2) is 24.6 Å². The Bertz CT molecular complexity index is 447. The van der Waals surface area contributed by atoms with Gasteiger partial charge in [0.25, 0.3) is 0 Å². The monoisotopic (exact) mass is 232 g/mol. The molecule has 1 fully saturated rings. The lowest BCUT2D eigenvalue weighted by Gasteiger charge is -2.00. The number of carbonyl (C=O) groups excluding carboxylic acids is 1. The number of hydrogen-bond donors (Lipinski definition) is 0. The van der Waals surface area contributed by atoms with Crippen LogP contribution in [0.3, 0.4) is 0 Å². The zero-order valence-electron chi connectivity index (χ0n) is 10.3. The van der Waals surface area contributed by atoms with Gasteiger partial charge in [0.1, 0.15) is 5.75 Å². The predicted molar refractivity (Wildman–Crippen MR) is 66.0 cm³/mol. The molecule has 1 heterocycles. The van der Waals surface area contributed by atoms with E-state index in [1.807, 2.05) is 38.1 Å². The maximum Gasteiger partial charge on any atom is 0.189 e. The molecule has 90 valence electrons. The Morgan fingerprint density at radius 3 is 2.47 bits per heavy atom. The average Bonchev–Trinajstić information content (AvgIpc) is 2.96. The van der Waals surface area contributed by atoms with Gasteiger partial charge in [-0.2, -0.15) is 0 Å². The van der Waals surface area contributed by atoms with Crippen LogP contribution in [0.5, 0.6) is 5.75 Å². The van der Waals surface area contributed by atoms with Crippen molar-refractivity contribution >= 4 is 11.9 Å². The lowest BCUT2D eigenvalue weighted by atomic mass is 10.0. The van der Waals surface area contributed by atoms with Crippen LogP contribution in [0.25, 0.3) is 6.08 Å². The summed E-state index contributed by atoms with van der Waals surface area (Å²) in [7, 11) is 1.63. The fraction of sp³-hybridized carbons (Fsp3) is 0.357. The van der Waals surface area contributed by atoms with Crippen LogP contribution in [0.2, 0.25) is 0 Å². The van der Waals surface area contributed by atoms with Gasteiger partial charge in [-0.3, -0.25) is 4.79 Å². The molecule has 1 aromatic rings. The van der Waals surface area contributed by atoms with Crippen LogP contribution >= 0.6 is 0 Å². The summed E-state index contributed by atoms with van der Waals surface area (Å²) in [5.74, 6) is 0.820. The second kappa shape index (κ2) is 4.34. The smallest absolute Gasteiger partial charge is 0.189 e. The van der Waals surface area contributed by atoms with Crippen LogP contribution in [0, 0.1) is 0 Å². The molecule has 2 atom stereocenters. The summed E-state index contributed by atoms with van der Waals surface area (Å²) in [5, 5.41) is 0. The first-order chi connectivity index (χ1) is 8.06. The molecule has 0 saturated carbocycles. The van der Waals surface area contributed by atoms with Crippen LogP contribution in [0.1, 0.15) is 19.4 Å². The van der Waals surface area contributed by atoms with Crippen molar-refractivity contribution in [1.82, 2.24) is 0 Å². The third-order valence-corrected chi connectivity index (χ3v) is 3.17. The number of methoxy groups -OCH3 is 1. The van der Waals surface area contributed by atoms with Crippen molar-refractivity contribution < 1.29 is 14.3 Å². The first-order valence-corrected chi connectivity index (χ1v) is 5.60. The van der Waals surface area contributed by atoms with Gasteiger partial charge in [-0.1, -0.05) is 18.2 Å². The largest absolute Gasteiger partial charge is 0.497 e. The zero-order chi connectivity index (χ0) is 12.5. The molecule has 3 heteroatoms. The molecule has 1 aliphatic heterocycles. The molecule has 3 nitrogen and oxygen atoms in total. The molecule has 1 aromatic carbocycles. The molecule has 17 heavy (non-hydrogen) atoms. The van der Waals surface area contributed by atoms with Crippen molar-refractivity contribution in [3.05, 3.63) is 35.9 Å². The number of rotatable bonds is 4. The summed E-state index contributed by atoms with van der Waals surface area (Å²) in [6.45, 7) is 3.72. The van der Waals surface area contributed by atoms with E-state index >= 15 is 0 Å². The third kappa shape index (κ3) is 2.39. The maximum absolute atomic E-state index is 11.8. The highest BCUT2D eigenvalue weighted by atomic mass is 16.6. The lowest BCUT2D eigenvalue weighted by molar-refractivity contribution is -0.118. The normalized spacial score (nSPS) is 27.1. The van der Waals surface area contributed by atoms with E-state index in [0.717, 1.165) is 11.3 Å². The van der Waals surface area contributed by atoms with E-state index in [1.165, 1.54) is 0 Å². The first kappa shape index (κ1) is 11.9. The minimum atomic E-state index is -0.608. The minimum Gasteiger partial charge on any atom is -0.497 e. The fourth-order valence-corrected chi connectivity index (χ4v) is 1.64. The summed E-state index contributed by atoms with van der Waals surface area (Å²) >= 11 is 0. The van der Waals surface area contributed by atoms with Crippen molar-refractivity contribution in [3.8, 4) is 5.75 Å². The molecule has 0 amide bonds. The van der Waals surface area contributed by atoms with Gasteiger partial charge in [-0.05, 0) is 37.6 Å². The number of carbonyl (C=O) groups is 1. The Labute approximate surface area is 101 Å². The standard InChI is InChI=1S/C14H16O3/c1-10-14(2,17-10)13(15)9-6-11-4-7-12(16-3)8-5-11/h4-10H,1-3H3/t10-,14+/m0/s1. The molecule has 0 aromatic heterocycles. The zero-order valence-corrected chi connectivity index (χ0v) is 10.3. The van der Waals surface area contributed by atoms with Gasteiger partial charge in [0.15, 0.2) is 11.4 Å². The van der Waals surface area contributed by atoms with Gasteiger partial charge in [0, 0.05) is 0 Å². The van der Waals surface area contributed by atoms with Crippen molar-refractivity contribution in [1.29, 1.82) is 0 Å². The number of ketones is 1. The quantitative estimate of drug-likeness (QED) is 0.591. The van der Waals surface area contributed by atoms with Crippen molar-refractivity contribution in [2.75, 3.05) is 7.11 Å². The molecule has 0 unspecified atom stereocenters. The topological polar surface area (TPSA) is 38.8 Å². The summed E-state index contributed by atoms with van der Waals surface area (Å²) in [5.41, 5.74) is 0.360. The summed E-state index contributed by atoms with van der Waals surface area (Å²) in [6, 6.07) is 7.54. The molecule has 0 N–H and O–H groups in total. The molecule has 0 aliphatic carbocycles. The van der Waals surface area contributed by atoms with Gasteiger partial charge < -0.3 is 9.47 Å². The van der Waals surface area contributed by atoms with Gasteiger partial charge in [0.05, 0.1) is 13.2 Å². The van der Waals surface area contributed by atoms with Crippen molar-refractivity contribution in [3.63, 3.8) is 0 Å². The molecular formula is C14H16O3. The Balaban J connectivity index is 2.02. The SMILES string of the molecule is COc1ccc(C=CC(=O)[C@]2(C)O[C@H]2C)cc1. The second-order valence-corrected chi connectivity index (χ2v) is 4.34. The molecule has 0 bridgehead atoms. The molecule has 1 saturated heterocycles. The van der Waals surface area contributed by atoms with Gasteiger partial charge in [-0.25, -0.2) is 0 Å². The number of ether oxygens (including phenoxy) is 2. The third-order valence-electron chi connectivity index (χ3n) is 3.17. The summed E-state index contributed by atoms with van der Waals surface area (Å²) < 4.78 is 10.3. The van der Waals surface area contributed by atoms with E-state index in [-0.39, 0.29) is 11.9 Å². The molecule has 0 radical (unpaired) electrons. The van der Waals surface area contributed by atoms with Crippen LogP contribution in [0.15, 0.2) is 30.3 Å². The lowest BCUT2D eigenvalue weighted by Crippen LogP contribution is -2.20. The van der Waals surface area contributed by atoms with Gasteiger partial charge >= 0.3 is 0 Å². The van der Waals surface area contributed by atoms with Crippen LogP contribution < -0.4 is 4.74 Å². The molecule has 0 spiro atoms. The second-order valence-electron chi connectivity index (χ2n) is 4.34. The van der Waals surface area contributed by atoms with Crippen molar-refractivity contribution in [2.24, 2.45) is 0 Å². The fourth-order valence-electron chi connectivity index (χ4n) is 1.64. The van der Waals surface area contributed by atoms with Crippen LogP contribution in [0.4, 0.5) is 0 Å². The van der Waals surface area contributed by atoms with Crippen molar-refractivity contribution in [2.45, 2.75) is 25.6 Å². The highest BCUT2D eigenvalue weighted by Crippen LogP contribution is 2.36. The van der Waals surface area contributed by atoms with Crippen LogP contribution in [-0.2, 0) is 9.53 Å². The van der Waals surface area contributed by atoms with E-state index in [4.69, 9.17) is 9.47 Å². The van der Waals surface area contributed by atoms with E-state index in [9.17, 15) is 4.79 Å². The number of benzene rings is 1. The summed E-state index contributed by atoms with van der Waals surface area (Å²) in [4.78, 5) is 11.8. The number of epoxide rings is 1. The highest BCUT2D eigenvalue weighted by molar-refractivity contribution is 6.01. The van der Waals surface area contributed by atoms with E-state index in [2.05, 4.69) is 0 Å². The van der Waals surface area contributed by atoms with E-state index in [0.29, 0.717) is 0 Å². The van der Waals surface area contributed by atoms with E-state index in [1.54, 1.807) is 19.3 Å². The Morgan fingerprint density at radius 1 is 1.41 bits per heavy atom. The maximum atomic E-state index is 11.8. The minimum absolute atomic E-state index is 0.0146. The molecular weight excluding hydrogens is 216 g/mol. The van der Waals surface area contributed by atoms with Gasteiger partial charge in [-0.15, -0.1) is 0 Å². The predicted octanol–water partition coefficient (Wildman–Crippen LogP) is 2.45. The Morgan fingerprint density at radius 2 is 2.00 bits per heavy atom.